The molecule has 0 saturated carbocycles. The quantitative estimate of drug-likeness (QED) is 0.474. The third-order valence-electron chi connectivity index (χ3n) is 6.42. The summed E-state index contributed by atoms with van der Waals surface area (Å²) in [6.07, 6.45) is 1.22. The Bertz CT molecular complexity index is 1130. The number of hydrogen-bond donors (Lipinski definition) is 2. The van der Waals surface area contributed by atoms with Crippen molar-refractivity contribution < 1.29 is 24.3 Å². The molecule has 0 unspecified atom stereocenters. The molecule has 0 aliphatic carbocycles. The second-order valence-electron chi connectivity index (χ2n) is 9.38. The molecule has 178 valence electrons. The largest absolute Gasteiger partial charge is 0.480 e. The molecule has 1 aliphatic rings. The van der Waals surface area contributed by atoms with E-state index >= 15 is 0 Å². The maximum absolute atomic E-state index is 11.5. The smallest absolute Gasteiger partial charge is 0.321 e. The van der Waals surface area contributed by atoms with Gasteiger partial charge in [-0.3, -0.25) is 14.5 Å². The minimum atomic E-state index is -1.68. The average Bonchev–Trinajstić information content (AvgIpc) is 3.30. The zero-order valence-electron chi connectivity index (χ0n) is 19.4. The Kier molecular flexibility index (Phi) is 6.79. The maximum Gasteiger partial charge on any atom is 0.321 e. The molecule has 8 nitrogen and oxygen atoms in total. The van der Waals surface area contributed by atoms with Gasteiger partial charge in [-0.05, 0) is 48.4 Å². The Labute approximate surface area is 198 Å². The fourth-order valence-corrected chi connectivity index (χ4v) is 4.34. The number of carboxylic acids is 2. The van der Waals surface area contributed by atoms with Crippen LogP contribution in [0.1, 0.15) is 37.8 Å². The van der Waals surface area contributed by atoms with Crippen molar-refractivity contribution in [3.05, 3.63) is 59.7 Å². The van der Waals surface area contributed by atoms with E-state index < -0.39 is 17.4 Å². The summed E-state index contributed by atoms with van der Waals surface area (Å²) < 4.78 is 5.47. The van der Waals surface area contributed by atoms with Crippen LogP contribution in [0.5, 0.6) is 0 Å². The zero-order chi connectivity index (χ0) is 24.3. The number of piperidine rings is 1. The highest BCUT2D eigenvalue weighted by atomic mass is 16.5. The van der Waals surface area contributed by atoms with Gasteiger partial charge in [0.25, 0.3) is 5.89 Å². The lowest BCUT2D eigenvalue weighted by Gasteiger charge is -2.36. The summed E-state index contributed by atoms with van der Waals surface area (Å²) in [5, 5.41) is 22.9. The van der Waals surface area contributed by atoms with Crippen molar-refractivity contribution in [2.24, 2.45) is 11.3 Å². The van der Waals surface area contributed by atoms with Gasteiger partial charge in [-0.1, -0.05) is 55.4 Å². The van der Waals surface area contributed by atoms with Crippen LogP contribution in [-0.2, 0) is 22.6 Å². The first kappa shape index (κ1) is 23.6. The molecule has 0 amide bonds. The molecule has 0 atom stereocenters. The Balaban J connectivity index is 1.38. The zero-order valence-corrected chi connectivity index (χ0v) is 19.4. The maximum atomic E-state index is 11.5. The molecular formula is C26H29N3O5. The lowest BCUT2D eigenvalue weighted by Crippen LogP contribution is -2.48. The lowest BCUT2D eigenvalue weighted by molar-refractivity contribution is -0.168. The van der Waals surface area contributed by atoms with Crippen LogP contribution in [0.4, 0.5) is 0 Å². The third kappa shape index (κ3) is 5.02. The summed E-state index contributed by atoms with van der Waals surface area (Å²) in [4.78, 5) is 29.6. The number of hydrogen-bond acceptors (Lipinski definition) is 6. The van der Waals surface area contributed by atoms with Gasteiger partial charge in [-0.2, -0.15) is 4.98 Å². The van der Waals surface area contributed by atoms with Crippen molar-refractivity contribution in [1.82, 2.24) is 15.0 Å². The second-order valence-corrected chi connectivity index (χ2v) is 9.38. The van der Waals surface area contributed by atoms with Gasteiger partial charge < -0.3 is 14.7 Å². The Morgan fingerprint density at radius 2 is 1.50 bits per heavy atom. The molecule has 2 N–H and O–H groups in total. The van der Waals surface area contributed by atoms with Crippen LogP contribution < -0.4 is 0 Å². The number of likely N-dealkylation sites (tertiary alicyclic amines) is 1. The Hall–Kier alpha value is -3.52. The van der Waals surface area contributed by atoms with Crippen molar-refractivity contribution >= 4 is 11.9 Å². The number of carboxylic acid groups (broad SMARTS) is 2. The first-order valence-electron chi connectivity index (χ1n) is 11.5. The highest BCUT2D eigenvalue weighted by molar-refractivity contribution is 5.98. The molecule has 8 heteroatoms. The SMILES string of the molecule is CC(C)Cc1ccc(-c2nc(-c3ccc(CN4CCC(C(=O)O)(C(=O)O)CC4)cc3)no2)cc1. The highest BCUT2D eigenvalue weighted by Crippen LogP contribution is 2.33. The molecule has 1 aliphatic heterocycles. The van der Waals surface area contributed by atoms with Crippen LogP contribution in [-0.4, -0.2) is 50.3 Å². The number of nitrogens with zero attached hydrogens (tertiary/aromatic N) is 3. The summed E-state index contributed by atoms with van der Waals surface area (Å²) in [7, 11) is 0. The van der Waals surface area contributed by atoms with Crippen LogP contribution in [0.25, 0.3) is 22.8 Å². The van der Waals surface area contributed by atoms with Crippen LogP contribution in [0, 0.1) is 11.3 Å². The average molecular weight is 464 g/mol. The summed E-state index contributed by atoms with van der Waals surface area (Å²) in [5.41, 5.74) is 2.37. The van der Waals surface area contributed by atoms with Crippen LogP contribution in [0.15, 0.2) is 53.1 Å². The van der Waals surface area contributed by atoms with E-state index in [0.717, 1.165) is 23.1 Å². The van der Waals surface area contributed by atoms with Gasteiger partial charge in [-0.15, -0.1) is 0 Å². The van der Waals surface area contributed by atoms with Crippen molar-refractivity contribution in [3.8, 4) is 22.8 Å². The molecule has 2 heterocycles. The molecule has 2 aromatic carbocycles. The van der Waals surface area contributed by atoms with E-state index in [1.807, 2.05) is 36.4 Å². The van der Waals surface area contributed by atoms with Gasteiger partial charge in [0, 0.05) is 30.8 Å². The summed E-state index contributed by atoms with van der Waals surface area (Å²) in [5.74, 6) is -0.922. The van der Waals surface area contributed by atoms with Crippen LogP contribution in [0.2, 0.25) is 0 Å². The van der Waals surface area contributed by atoms with Gasteiger partial charge >= 0.3 is 11.9 Å². The van der Waals surface area contributed by atoms with E-state index in [-0.39, 0.29) is 12.8 Å². The number of aliphatic carboxylic acids is 2. The van der Waals surface area contributed by atoms with Gasteiger partial charge in [0.2, 0.25) is 5.82 Å². The fourth-order valence-electron chi connectivity index (χ4n) is 4.34. The molecule has 1 aromatic heterocycles. The first-order chi connectivity index (χ1) is 16.3. The molecule has 0 bridgehead atoms. The van der Waals surface area contributed by atoms with Crippen molar-refractivity contribution in [3.63, 3.8) is 0 Å². The second kappa shape index (κ2) is 9.77. The predicted octanol–water partition coefficient (Wildman–Crippen LogP) is 4.35. The monoisotopic (exact) mass is 463 g/mol. The van der Waals surface area contributed by atoms with Crippen molar-refractivity contribution in [2.75, 3.05) is 13.1 Å². The topological polar surface area (TPSA) is 117 Å². The number of rotatable bonds is 8. The summed E-state index contributed by atoms with van der Waals surface area (Å²) in [6, 6.07) is 16.0. The normalized spacial score (nSPS) is 16.0. The molecule has 1 fully saturated rings. The highest BCUT2D eigenvalue weighted by Gasteiger charge is 2.48. The number of aromatic nitrogens is 2. The minimum Gasteiger partial charge on any atom is -0.480 e. The molecule has 1 saturated heterocycles. The summed E-state index contributed by atoms with van der Waals surface area (Å²) >= 11 is 0. The molecule has 34 heavy (non-hydrogen) atoms. The molecule has 0 spiro atoms. The van der Waals surface area contributed by atoms with Gasteiger partial charge in [0.05, 0.1) is 0 Å². The molecule has 4 rings (SSSR count). The van der Waals surface area contributed by atoms with Gasteiger partial charge in [0.1, 0.15) is 0 Å². The molecule has 0 radical (unpaired) electrons. The van der Waals surface area contributed by atoms with E-state index in [0.29, 0.717) is 37.3 Å². The van der Waals surface area contributed by atoms with Crippen molar-refractivity contribution in [1.29, 1.82) is 0 Å². The van der Waals surface area contributed by atoms with Crippen LogP contribution >= 0.6 is 0 Å². The Morgan fingerprint density at radius 3 is 2.06 bits per heavy atom. The molecular weight excluding hydrogens is 434 g/mol. The van der Waals surface area contributed by atoms with E-state index in [4.69, 9.17) is 4.52 Å². The van der Waals surface area contributed by atoms with Gasteiger partial charge in [-0.25, -0.2) is 0 Å². The fraction of sp³-hybridized carbons (Fsp3) is 0.385. The summed E-state index contributed by atoms with van der Waals surface area (Å²) in [6.45, 7) is 5.85. The van der Waals surface area contributed by atoms with Gasteiger partial charge in [0.15, 0.2) is 5.41 Å². The number of carbonyl (C=O) groups is 2. The minimum absolute atomic E-state index is 0.0971. The van der Waals surface area contributed by atoms with E-state index in [1.54, 1.807) is 0 Å². The van der Waals surface area contributed by atoms with E-state index in [2.05, 4.69) is 41.0 Å². The van der Waals surface area contributed by atoms with Crippen molar-refractivity contribution in [2.45, 2.75) is 39.7 Å². The predicted molar refractivity (Wildman–Crippen MR) is 126 cm³/mol. The third-order valence-corrected chi connectivity index (χ3v) is 6.42. The van der Waals surface area contributed by atoms with Crippen LogP contribution in [0.3, 0.4) is 0 Å². The standard InChI is InChI=1S/C26H29N3O5/c1-17(2)15-18-3-9-21(10-4-18)23-27-22(28-34-23)20-7-5-19(6-8-20)16-29-13-11-26(12-14-29,24(30)31)25(32)33/h3-10,17H,11-16H2,1-2H3,(H,30,31)(H,32,33). The van der Waals surface area contributed by atoms with E-state index in [1.165, 1.54) is 5.56 Å². The lowest BCUT2D eigenvalue weighted by atomic mass is 9.78. The Morgan fingerprint density at radius 1 is 0.941 bits per heavy atom. The first-order valence-corrected chi connectivity index (χ1v) is 11.5. The molecule has 3 aromatic rings. The number of benzene rings is 2. The van der Waals surface area contributed by atoms with E-state index in [9.17, 15) is 19.8 Å².